The van der Waals surface area contributed by atoms with Gasteiger partial charge in [0, 0.05) is 25.1 Å². The molecule has 0 spiro atoms. The van der Waals surface area contributed by atoms with Crippen molar-refractivity contribution in [3.05, 3.63) is 0 Å². The summed E-state index contributed by atoms with van der Waals surface area (Å²) in [6.45, 7) is 1.23. The lowest BCUT2D eigenvalue weighted by atomic mass is 9.51. The van der Waals surface area contributed by atoms with Gasteiger partial charge in [0.2, 0.25) is 5.91 Å². The van der Waals surface area contributed by atoms with E-state index in [1.165, 1.54) is 32.1 Å². The molecule has 4 bridgehead atoms. The number of rotatable bonds is 4. The first-order valence-electron chi connectivity index (χ1n) is 9.17. The number of aliphatic hydroxyl groups excluding tert-OH is 1. The highest BCUT2D eigenvalue weighted by Crippen LogP contribution is 2.57. The highest BCUT2D eigenvalue weighted by molar-refractivity contribution is 5.80. The summed E-state index contributed by atoms with van der Waals surface area (Å²) in [7, 11) is 0. The molecule has 0 aromatic heterocycles. The Morgan fingerprint density at radius 3 is 2.33 bits per heavy atom. The van der Waals surface area contributed by atoms with Crippen LogP contribution in [0.5, 0.6) is 0 Å². The van der Waals surface area contributed by atoms with Crippen LogP contribution in [0.3, 0.4) is 0 Å². The fourth-order valence-corrected chi connectivity index (χ4v) is 6.27. The fourth-order valence-electron chi connectivity index (χ4n) is 6.27. The minimum absolute atomic E-state index is 0.260. The number of amides is 1. The van der Waals surface area contributed by atoms with Gasteiger partial charge in [-0.25, -0.2) is 0 Å². The molecule has 1 N–H and O–H groups in total. The monoisotopic (exact) mass is 291 g/mol. The first-order chi connectivity index (χ1) is 10.3. The average molecular weight is 291 g/mol. The molecular weight excluding hydrogens is 262 g/mol. The summed E-state index contributed by atoms with van der Waals surface area (Å²) in [5.74, 6) is 4.14. The number of hydrogen-bond acceptors (Lipinski definition) is 2. The molecule has 1 amide bonds. The van der Waals surface area contributed by atoms with Gasteiger partial charge in [-0.1, -0.05) is 0 Å². The zero-order valence-electron chi connectivity index (χ0n) is 13.0. The van der Waals surface area contributed by atoms with Gasteiger partial charge in [0.05, 0.1) is 0 Å². The normalized spacial score (nSPS) is 44.5. The third-order valence-electron chi connectivity index (χ3n) is 6.87. The zero-order valence-corrected chi connectivity index (χ0v) is 13.0. The van der Waals surface area contributed by atoms with Crippen LogP contribution < -0.4 is 0 Å². The second-order valence-corrected chi connectivity index (χ2v) is 8.15. The number of hydrogen-bond donors (Lipinski definition) is 1. The van der Waals surface area contributed by atoms with E-state index in [0.717, 1.165) is 44.1 Å². The minimum Gasteiger partial charge on any atom is -0.396 e. The lowest BCUT2D eigenvalue weighted by Gasteiger charge is -2.54. The number of nitrogens with zero attached hydrogens (tertiary/aromatic N) is 1. The Morgan fingerprint density at radius 2 is 1.71 bits per heavy atom. The molecule has 5 rings (SSSR count). The summed E-state index contributed by atoms with van der Waals surface area (Å²) in [6.07, 6.45) is 10.9. The Kier molecular flexibility index (Phi) is 3.72. The highest BCUT2D eigenvalue weighted by atomic mass is 16.3. The van der Waals surface area contributed by atoms with Crippen LogP contribution in [0.4, 0.5) is 0 Å². The molecule has 4 saturated carbocycles. The minimum atomic E-state index is 0.260. The van der Waals surface area contributed by atoms with E-state index in [0.29, 0.717) is 29.7 Å². The lowest BCUT2D eigenvalue weighted by Crippen LogP contribution is -2.52. The van der Waals surface area contributed by atoms with Gasteiger partial charge in [0.1, 0.15) is 0 Å². The second kappa shape index (κ2) is 5.57. The van der Waals surface area contributed by atoms with Crippen molar-refractivity contribution in [3.63, 3.8) is 0 Å². The SMILES string of the molecule is O=C(C1C2CC3CC(C2)CC1C3)N1CCCC1CCCO. The molecule has 0 aromatic carbocycles. The Hall–Kier alpha value is -0.570. The van der Waals surface area contributed by atoms with Crippen LogP contribution in [-0.2, 0) is 4.79 Å². The van der Waals surface area contributed by atoms with Gasteiger partial charge in [-0.2, -0.15) is 0 Å². The van der Waals surface area contributed by atoms with Gasteiger partial charge in [0.25, 0.3) is 0 Å². The van der Waals surface area contributed by atoms with E-state index < -0.39 is 0 Å². The van der Waals surface area contributed by atoms with E-state index in [4.69, 9.17) is 5.11 Å². The van der Waals surface area contributed by atoms with E-state index in [-0.39, 0.29) is 6.61 Å². The van der Waals surface area contributed by atoms with Crippen molar-refractivity contribution >= 4 is 5.91 Å². The van der Waals surface area contributed by atoms with E-state index in [1.807, 2.05) is 0 Å². The summed E-state index contributed by atoms with van der Waals surface area (Å²) in [5.41, 5.74) is 0. The van der Waals surface area contributed by atoms with Crippen molar-refractivity contribution in [2.75, 3.05) is 13.2 Å². The molecule has 3 nitrogen and oxygen atoms in total. The molecule has 1 saturated heterocycles. The maximum atomic E-state index is 13.2. The Labute approximate surface area is 128 Å². The molecule has 1 aliphatic heterocycles. The van der Waals surface area contributed by atoms with Crippen molar-refractivity contribution in [1.29, 1.82) is 0 Å². The largest absolute Gasteiger partial charge is 0.396 e. The summed E-state index contributed by atoms with van der Waals surface area (Å²) in [5, 5.41) is 9.06. The second-order valence-electron chi connectivity index (χ2n) is 8.15. The molecule has 21 heavy (non-hydrogen) atoms. The maximum absolute atomic E-state index is 13.2. The van der Waals surface area contributed by atoms with Crippen molar-refractivity contribution in [3.8, 4) is 0 Å². The Bertz CT molecular complexity index is 380. The number of likely N-dealkylation sites (tertiary alicyclic amines) is 1. The standard InChI is InChI=1S/C18H29NO2/c20-6-2-4-16-3-1-5-19(16)18(21)17-14-8-12-7-13(10-14)11-15(17)9-12/h12-17,20H,1-11H2. The molecule has 4 aliphatic carbocycles. The van der Waals surface area contributed by atoms with E-state index in [2.05, 4.69) is 4.90 Å². The number of carbonyl (C=O) groups is 1. The van der Waals surface area contributed by atoms with Crippen LogP contribution in [0, 0.1) is 29.6 Å². The van der Waals surface area contributed by atoms with Crippen LogP contribution in [0.1, 0.15) is 57.8 Å². The van der Waals surface area contributed by atoms with Crippen molar-refractivity contribution in [1.82, 2.24) is 4.90 Å². The molecule has 1 heterocycles. The highest BCUT2D eigenvalue weighted by Gasteiger charge is 2.52. The first-order valence-corrected chi connectivity index (χ1v) is 9.17. The van der Waals surface area contributed by atoms with Crippen LogP contribution in [0.15, 0.2) is 0 Å². The fraction of sp³-hybridized carbons (Fsp3) is 0.944. The summed E-state index contributed by atoms with van der Waals surface area (Å²) in [4.78, 5) is 15.4. The van der Waals surface area contributed by atoms with E-state index in [9.17, 15) is 4.79 Å². The van der Waals surface area contributed by atoms with Crippen LogP contribution in [0.25, 0.3) is 0 Å². The zero-order chi connectivity index (χ0) is 14.4. The third kappa shape index (κ3) is 2.42. The quantitative estimate of drug-likeness (QED) is 0.865. The lowest BCUT2D eigenvalue weighted by molar-refractivity contribution is -0.150. The third-order valence-corrected chi connectivity index (χ3v) is 6.87. The number of carbonyl (C=O) groups excluding carboxylic acids is 1. The van der Waals surface area contributed by atoms with Crippen LogP contribution in [0.2, 0.25) is 0 Å². The van der Waals surface area contributed by atoms with Gasteiger partial charge >= 0.3 is 0 Å². The average Bonchev–Trinajstić information content (AvgIpc) is 2.92. The van der Waals surface area contributed by atoms with Gasteiger partial charge in [-0.05, 0) is 81.5 Å². The topological polar surface area (TPSA) is 40.5 Å². The molecular formula is C18H29NO2. The molecule has 5 fully saturated rings. The summed E-state index contributed by atoms with van der Waals surface area (Å²) < 4.78 is 0. The number of aliphatic hydroxyl groups is 1. The van der Waals surface area contributed by atoms with Crippen molar-refractivity contribution < 1.29 is 9.90 Å². The van der Waals surface area contributed by atoms with E-state index >= 15 is 0 Å². The molecule has 5 aliphatic rings. The molecule has 118 valence electrons. The molecule has 0 aromatic rings. The van der Waals surface area contributed by atoms with Gasteiger partial charge in [-0.15, -0.1) is 0 Å². The Balaban J connectivity index is 1.47. The predicted molar refractivity (Wildman–Crippen MR) is 81.6 cm³/mol. The summed E-state index contributed by atoms with van der Waals surface area (Å²) >= 11 is 0. The van der Waals surface area contributed by atoms with E-state index in [1.54, 1.807) is 0 Å². The molecule has 0 radical (unpaired) electrons. The van der Waals surface area contributed by atoms with Crippen LogP contribution in [-0.4, -0.2) is 35.1 Å². The summed E-state index contributed by atoms with van der Waals surface area (Å²) in [6, 6.07) is 0.418. The van der Waals surface area contributed by atoms with Gasteiger partial charge < -0.3 is 10.0 Å². The maximum Gasteiger partial charge on any atom is 0.226 e. The molecule has 1 unspecified atom stereocenters. The van der Waals surface area contributed by atoms with Gasteiger partial charge in [-0.3, -0.25) is 4.79 Å². The van der Waals surface area contributed by atoms with Gasteiger partial charge in [0.15, 0.2) is 0 Å². The Morgan fingerprint density at radius 1 is 1.05 bits per heavy atom. The predicted octanol–water partition coefficient (Wildman–Crippen LogP) is 2.82. The first kappa shape index (κ1) is 14.0. The molecule has 1 atom stereocenters. The van der Waals surface area contributed by atoms with Crippen LogP contribution >= 0.6 is 0 Å². The molecule has 3 heteroatoms. The van der Waals surface area contributed by atoms with Crippen molar-refractivity contribution in [2.45, 2.75) is 63.8 Å². The smallest absolute Gasteiger partial charge is 0.226 e. The van der Waals surface area contributed by atoms with Crippen molar-refractivity contribution in [2.24, 2.45) is 29.6 Å².